The minimum absolute atomic E-state index is 0.0198. The number of nitrogens with zero attached hydrogens (tertiary/aromatic N) is 2. The number of rotatable bonds is 7. The topological polar surface area (TPSA) is 93.2 Å². The van der Waals surface area contributed by atoms with Crippen LogP contribution in [0.15, 0.2) is 60.7 Å². The molecule has 28 heavy (non-hydrogen) atoms. The Morgan fingerprint density at radius 1 is 1.00 bits per heavy atom. The lowest BCUT2D eigenvalue weighted by atomic mass is 10.1. The number of carbonyl (C=O) groups excluding carboxylic acids is 2. The molecule has 3 aromatic rings. The minimum Gasteiger partial charge on any atom is -0.484 e. The van der Waals surface area contributed by atoms with Crippen LogP contribution in [-0.4, -0.2) is 28.5 Å². The van der Waals surface area contributed by atoms with Gasteiger partial charge in [0.15, 0.2) is 24.0 Å². The summed E-state index contributed by atoms with van der Waals surface area (Å²) >= 11 is 5.80. The van der Waals surface area contributed by atoms with E-state index in [4.69, 9.17) is 16.3 Å². The number of anilines is 3. The van der Waals surface area contributed by atoms with Crippen molar-refractivity contribution in [1.82, 2.24) is 10.2 Å². The smallest absolute Gasteiger partial charge is 0.263 e. The number of Topliss-reactive ketones (excluding diaryl/α,β-unsaturated/α-hetero) is 1. The molecule has 8 heteroatoms. The molecule has 0 bridgehead atoms. The predicted octanol–water partition coefficient (Wildman–Crippen LogP) is 4.09. The van der Waals surface area contributed by atoms with Crippen molar-refractivity contribution in [2.24, 2.45) is 0 Å². The normalized spacial score (nSPS) is 10.2. The molecule has 142 valence electrons. The monoisotopic (exact) mass is 396 g/mol. The molecular weight excluding hydrogens is 380 g/mol. The van der Waals surface area contributed by atoms with Gasteiger partial charge >= 0.3 is 0 Å². The van der Waals surface area contributed by atoms with Gasteiger partial charge in [0.2, 0.25) is 0 Å². The second kappa shape index (κ2) is 8.96. The van der Waals surface area contributed by atoms with Gasteiger partial charge in [-0.1, -0.05) is 23.7 Å². The van der Waals surface area contributed by atoms with Gasteiger partial charge in [0.25, 0.3) is 5.91 Å². The van der Waals surface area contributed by atoms with Crippen LogP contribution in [-0.2, 0) is 4.79 Å². The van der Waals surface area contributed by atoms with E-state index in [9.17, 15) is 9.59 Å². The van der Waals surface area contributed by atoms with E-state index in [1.54, 1.807) is 54.6 Å². The fraction of sp³-hybridized carbons (Fsp3) is 0.100. The average Bonchev–Trinajstić information content (AvgIpc) is 2.69. The number of hydrogen-bond acceptors (Lipinski definition) is 6. The standard InChI is InChI=1S/C20H17ClN4O3/c1-13(26)14-3-2-4-16(11-14)22-18-9-10-19(25-24-18)23-20(27)12-28-17-7-5-15(21)6-8-17/h2-11H,12H2,1H3,(H,22,24)(H,23,25,27). The molecule has 0 fully saturated rings. The van der Waals surface area contributed by atoms with Crippen molar-refractivity contribution in [2.45, 2.75) is 6.92 Å². The molecule has 0 atom stereocenters. The lowest BCUT2D eigenvalue weighted by Gasteiger charge is -2.08. The average molecular weight is 397 g/mol. The number of ketones is 1. The maximum Gasteiger partial charge on any atom is 0.263 e. The van der Waals surface area contributed by atoms with Gasteiger partial charge in [-0.15, -0.1) is 10.2 Å². The largest absolute Gasteiger partial charge is 0.484 e. The van der Waals surface area contributed by atoms with Crippen LogP contribution >= 0.6 is 11.6 Å². The molecule has 0 aliphatic rings. The number of carbonyl (C=O) groups is 2. The zero-order valence-corrected chi connectivity index (χ0v) is 15.7. The van der Waals surface area contributed by atoms with E-state index in [-0.39, 0.29) is 18.3 Å². The Bertz CT molecular complexity index is 976. The van der Waals surface area contributed by atoms with E-state index in [1.807, 2.05) is 6.07 Å². The Hall–Kier alpha value is -3.45. The Morgan fingerprint density at radius 3 is 2.39 bits per heavy atom. The summed E-state index contributed by atoms with van der Waals surface area (Å²) in [5.41, 5.74) is 1.32. The number of halogens is 1. The SMILES string of the molecule is CC(=O)c1cccc(Nc2ccc(NC(=O)COc3ccc(Cl)cc3)nn2)c1. The maximum absolute atomic E-state index is 12.0. The molecule has 0 aliphatic heterocycles. The van der Waals surface area contributed by atoms with E-state index >= 15 is 0 Å². The Balaban J connectivity index is 1.53. The Labute approximate surface area is 166 Å². The highest BCUT2D eigenvalue weighted by molar-refractivity contribution is 6.30. The highest BCUT2D eigenvalue weighted by Gasteiger charge is 2.06. The van der Waals surface area contributed by atoms with E-state index < -0.39 is 0 Å². The van der Waals surface area contributed by atoms with Crippen LogP contribution in [0.5, 0.6) is 5.75 Å². The highest BCUT2D eigenvalue weighted by Crippen LogP contribution is 2.17. The summed E-state index contributed by atoms with van der Waals surface area (Å²) < 4.78 is 5.37. The van der Waals surface area contributed by atoms with Crippen LogP contribution in [0.4, 0.5) is 17.3 Å². The number of hydrogen-bond donors (Lipinski definition) is 2. The molecule has 1 heterocycles. The Morgan fingerprint density at radius 2 is 1.71 bits per heavy atom. The molecule has 3 rings (SSSR count). The van der Waals surface area contributed by atoms with Gasteiger partial charge in [0.05, 0.1) is 0 Å². The highest BCUT2D eigenvalue weighted by atomic mass is 35.5. The molecule has 0 saturated carbocycles. The van der Waals surface area contributed by atoms with Gasteiger partial charge in [-0.25, -0.2) is 0 Å². The maximum atomic E-state index is 12.0. The quantitative estimate of drug-likeness (QED) is 0.584. The molecule has 1 aromatic heterocycles. The third-order valence-electron chi connectivity index (χ3n) is 3.66. The van der Waals surface area contributed by atoms with E-state index in [1.165, 1.54) is 6.92 Å². The van der Waals surface area contributed by atoms with Crippen molar-refractivity contribution in [3.63, 3.8) is 0 Å². The first-order chi connectivity index (χ1) is 13.5. The third-order valence-corrected chi connectivity index (χ3v) is 3.91. The summed E-state index contributed by atoms with van der Waals surface area (Å²) in [7, 11) is 0. The summed E-state index contributed by atoms with van der Waals surface area (Å²) in [6, 6.07) is 17.1. The van der Waals surface area contributed by atoms with Crippen LogP contribution in [0.2, 0.25) is 5.02 Å². The number of amides is 1. The molecule has 0 saturated heterocycles. The molecule has 2 aromatic carbocycles. The Kier molecular flexibility index (Phi) is 6.18. The van der Waals surface area contributed by atoms with Crippen LogP contribution < -0.4 is 15.4 Å². The molecule has 1 amide bonds. The first-order valence-electron chi connectivity index (χ1n) is 8.39. The molecule has 0 aliphatic carbocycles. The van der Waals surface area contributed by atoms with Gasteiger partial charge in [-0.3, -0.25) is 9.59 Å². The molecule has 0 radical (unpaired) electrons. The second-order valence-corrected chi connectivity index (χ2v) is 6.29. The molecule has 0 spiro atoms. The van der Waals surface area contributed by atoms with Crippen LogP contribution in [0.3, 0.4) is 0 Å². The fourth-order valence-corrected chi connectivity index (χ4v) is 2.41. The van der Waals surface area contributed by atoms with Crippen LogP contribution in [0.1, 0.15) is 17.3 Å². The molecule has 2 N–H and O–H groups in total. The van der Waals surface area contributed by atoms with Gasteiger partial charge < -0.3 is 15.4 Å². The lowest BCUT2D eigenvalue weighted by Crippen LogP contribution is -2.21. The first kappa shape index (κ1) is 19.3. The van der Waals surface area contributed by atoms with Crippen molar-refractivity contribution >= 4 is 40.6 Å². The van der Waals surface area contributed by atoms with Crippen molar-refractivity contribution in [2.75, 3.05) is 17.2 Å². The van der Waals surface area contributed by atoms with Gasteiger partial charge in [-0.05, 0) is 55.5 Å². The number of nitrogens with one attached hydrogen (secondary N) is 2. The molecule has 7 nitrogen and oxygen atoms in total. The zero-order valence-electron chi connectivity index (χ0n) is 15.0. The zero-order chi connectivity index (χ0) is 19.9. The van der Waals surface area contributed by atoms with Gasteiger partial charge in [0, 0.05) is 16.3 Å². The van der Waals surface area contributed by atoms with Crippen molar-refractivity contribution in [3.8, 4) is 5.75 Å². The first-order valence-corrected chi connectivity index (χ1v) is 8.77. The summed E-state index contributed by atoms with van der Waals surface area (Å²) in [5, 5.41) is 14.2. The second-order valence-electron chi connectivity index (χ2n) is 5.86. The van der Waals surface area contributed by atoms with E-state index in [2.05, 4.69) is 20.8 Å². The van der Waals surface area contributed by atoms with Gasteiger partial charge in [-0.2, -0.15) is 0 Å². The van der Waals surface area contributed by atoms with Crippen molar-refractivity contribution in [3.05, 3.63) is 71.2 Å². The number of ether oxygens (including phenoxy) is 1. The lowest BCUT2D eigenvalue weighted by molar-refractivity contribution is -0.118. The van der Waals surface area contributed by atoms with Gasteiger partial charge in [0.1, 0.15) is 5.75 Å². The van der Waals surface area contributed by atoms with Crippen LogP contribution in [0.25, 0.3) is 0 Å². The molecule has 0 unspecified atom stereocenters. The van der Waals surface area contributed by atoms with Crippen LogP contribution in [0, 0.1) is 0 Å². The van der Waals surface area contributed by atoms with E-state index in [0.29, 0.717) is 28.0 Å². The summed E-state index contributed by atoms with van der Waals surface area (Å²) in [6.45, 7) is 1.34. The predicted molar refractivity (Wildman–Crippen MR) is 107 cm³/mol. The minimum atomic E-state index is -0.362. The summed E-state index contributed by atoms with van der Waals surface area (Å²) in [6.07, 6.45) is 0. The summed E-state index contributed by atoms with van der Waals surface area (Å²) in [5.74, 6) is 0.939. The van der Waals surface area contributed by atoms with Crippen molar-refractivity contribution in [1.29, 1.82) is 0 Å². The van der Waals surface area contributed by atoms with E-state index in [0.717, 1.165) is 5.69 Å². The fourth-order valence-electron chi connectivity index (χ4n) is 2.29. The van der Waals surface area contributed by atoms with Crippen molar-refractivity contribution < 1.29 is 14.3 Å². The third kappa shape index (κ3) is 5.52. The number of benzene rings is 2. The number of aromatic nitrogens is 2. The summed E-state index contributed by atoms with van der Waals surface area (Å²) in [4.78, 5) is 23.4. The molecular formula is C20H17ClN4O3.